The van der Waals surface area contributed by atoms with Crippen molar-refractivity contribution in [2.75, 3.05) is 11.9 Å². The minimum Gasteiger partial charge on any atom is -0.380 e. The Bertz CT molecular complexity index is 751. The second-order valence-electron chi connectivity index (χ2n) is 7.14. The summed E-state index contributed by atoms with van der Waals surface area (Å²) >= 11 is 0. The quantitative estimate of drug-likeness (QED) is 0.663. The van der Waals surface area contributed by atoms with Gasteiger partial charge >= 0.3 is 0 Å². The molecule has 1 aromatic heterocycles. The van der Waals surface area contributed by atoms with Crippen LogP contribution < -0.4 is 21.5 Å². The first-order chi connectivity index (χ1) is 12.8. The number of nitrogens with zero attached hydrogens (tertiary/aromatic N) is 1. The maximum Gasteiger partial charge on any atom is 0.253 e. The van der Waals surface area contributed by atoms with Gasteiger partial charge in [0, 0.05) is 43.3 Å². The van der Waals surface area contributed by atoms with Gasteiger partial charge in [-0.1, -0.05) is 18.2 Å². The molecule has 6 nitrogen and oxygen atoms in total. The molecule has 4 N–H and O–H groups in total. The number of amides is 1. The van der Waals surface area contributed by atoms with E-state index in [2.05, 4.69) is 26.5 Å². The molecule has 4 rings (SSSR count). The summed E-state index contributed by atoms with van der Waals surface area (Å²) in [6, 6.07) is 12.3. The predicted molar refractivity (Wildman–Crippen MR) is 102 cm³/mol. The zero-order valence-electron chi connectivity index (χ0n) is 14.7. The molecule has 2 fully saturated rings. The number of pyridine rings is 1. The monoisotopic (exact) mass is 351 g/mol. The topological polar surface area (TPSA) is 78.1 Å². The number of para-hydroxylation sites is 1. The Hall–Kier alpha value is -2.44. The molecule has 26 heavy (non-hydrogen) atoms. The minimum absolute atomic E-state index is 0.00584. The van der Waals surface area contributed by atoms with E-state index >= 15 is 0 Å². The summed E-state index contributed by atoms with van der Waals surface area (Å²) in [6.45, 7) is 1.67. The van der Waals surface area contributed by atoms with Crippen LogP contribution in [0.3, 0.4) is 0 Å². The molecule has 2 aliphatic rings. The second kappa shape index (κ2) is 7.85. The van der Waals surface area contributed by atoms with Gasteiger partial charge in [-0.25, -0.2) is 0 Å². The van der Waals surface area contributed by atoms with Crippen molar-refractivity contribution in [1.82, 2.24) is 21.2 Å². The third-order valence-electron chi connectivity index (χ3n) is 5.36. The Morgan fingerprint density at radius 1 is 1.19 bits per heavy atom. The molecule has 1 aliphatic carbocycles. The van der Waals surface area contributed by atoms with Crippen molar-refractivity contribution in [2.45, 2.75) is 37.9 Å². The Morgan fingerprint density at radius 2 is 2.12 bits per heavy atom. The first kappa shape index (κ1) is 17.0. The fraction of sp³-hybridized carbons (Fsp3) is 0.400. The van der Waals surface area contributed by atoms with Crippen molar-refractivity contribution in [3.8, 4) is 0 Å². The van der Waals surface area contributed by atoms with E-state index < -0.39 is 0 Å². The zero-order valence-corrected chi connectivity index (χ0v) is 14.7. The summed E-state index contributed by atoms with van der Waals surface area (Å²) in [7, 11) is 0. The maximum absolute atomic E-state index is 12.8. The lowest BCUT2D eigenvalue weighted by Crippen LogP contribution is -2.45. The summed E-state index contributed by atoms with van der Waals surface area (Å²) in [5, 5.41) is 6.59. The molecule has 6 heteroatoms. The molecule has 136 valence electrons. The van der Waals surface area contributed by atoms with Crippen molar-refractivity contribution in [3.63, 3.8) is 0 Å². The molecule has 2 aromatic rings. The number of carbonyl (C=O) groups excluding carboxylic acids is 1. The highest BCUT2D eigenvalue weighted by molar-refractivity contribution is 5.99. The lowest BCUT2D eigenvalue weighted by atomic mass is 9.83. The summed E-state index contributed by atoms with van der Waals surface area (Å²) in [5.74, 6) is 0.685. The van der Waals surface area contributed by atoms with Gasteiger partial charge in [-0.05, 0) is 48.9 Å². The van der Waals surface area contributed by atoms with E-state index in [0.29, 0.717) is 24.1 Å². The van der Waals surface area contributed by atoms with Gasteiger partial charge in [-0.3, -0.25) is 20.6 Å². The highest BCUT2D eigenvalue weighted by Gasteiger charge is 2.34. The smallest absolute Gasteiger partial charge is 0.253 e. The Morgan fingerprint density at radius 3 is 3.00 bits per heavy atom. The van der Waals surface area contributed by atoms with Gasteiger partial charge in [-0.15, -0.1) is 0 Å². The molecule has 1 saturated heterocycles. The number of rotatable bonds is 5. The number of carbonyl (C=O) groups is 1. The molecule has 0 radical (unpaired) electrons. The van der Waals surface area contributed by atoms with Gasteiger partial charge in [0.2, 0.25) is 0 Å². The molecule has 1 aliphatic heterocycles. The highest BCUT2D eigenvalue weighted by Crippen LogP contribution is 2.27. The number of hydrazine groups is 1. The van der Waals surface area contributed by atoms with Crippen molar-refractivity contribution in [2.24, 2.45) is 5.92 Å². The molecule has 1 saturated carbocycles. The van der Waals surface area contributed by atoms with E-state index in [1.54, 1.807) is 6.20 Å². The molecule has 1 amide bonds. The van der Waals surface area contributed by atoms with Gasteiger partial charge in [0.25, 0.3) is 5.91 Å². The molecule has 0 bridgehead atoms. The van der Waals surface area contributed by atoms with Crippen LogP contribution in [0, 0.1) is 5.92 Å². The third-order valence-corrected chi connectivity index (χ3v) is 5.36. The molecule has 3 atom stereocenters. The Balaban J connectivity index is 1.39. The molecule has 3 unspecified atom stereocenters. The fourth-order valence-corrected chi connectivity index (χ4v) is 3.90. The standard InChI is InChI=1S/C20H25N5O/c26-20(24-16-8-7-15-13-23-25-19(15)10-16)17-5-1-2-6-18(17)22-12-14-4-3-9-21-11-14/h1-6,9,11,15-16,19,22-23,25H,7-8,10,12-13H2,(H,24,26). The Kier molecular flexibility index (Phi) is 5.13. The number of hydrogen-bond acceptors (Lipinski definition) is 5. The first-order valence-corrected chi connectivity index (χ1v) is 9.30. The number of aromatic nitrogens is 1. The lowest BCUT2D eigenvalue weighted by Gasteiger charge is -2.31. The molecule has 0 spiro atoms. The van der Waals surface area contributed by atoms with Crippen LogP contribution in [-0.2, 0) is 6.54 Å². The average Bonchev–Trinajstić information content (AvgIpc) is 3.15. The van der Waals surface area contributed by atoms with E-state index in [0.717, 1.165) is 37.1 Å². The van der Waals surface area contributed by atoms with Crippen LogP contribution in [-0.4, -0.2) is 29.5 Å². The zero-order chi connectivity index (χ0) is 17.8. The van der Waals surface area contributed by atoms with E-state index in [1.165, 1.54) is 0 Å². The lowest BCUT2D eigenvalue weighted by molar-refractivity contribution is 0.0920. The number of fused-ring (bicyclic) bond motifs is 1. The van der Waals surface area contributed by atoms with Gasteiger partial charge in [-0.2, -0.15) is 0 Å². The normalized spacial score (nSPS) is 24.7. The van der Waals surface area contributed by atoms with Crippen molar-refractivity contribution < 1.29 is 4.79 Å². The van der Waals surface area contributed by atoms with Crippen molar-refractivity contribution in [3.05, 3.63) is 59.9 Å². The van der Waals surface area contributed by atoms with Gasteiger partial charge in [0.15, 0.2) is 0 Å². The van der Waals surface area contributed by atoms with Crippen LogP contribution in [0.1, 0.15) is 35.2 Å². The average molecular weight is 351 g/mol. The fourth-order valence-electron chi connectivity index (χ4n) is 3.90. The largest absolute Gasteiger partial charge is 0.380 e. The number of benzene rings is 1. The summed E-state index contributed by atoms with van der Waals surface area (Å²) in [6.07, 6.45) is 6.76. The maximum atomic E-state index is 12.8. The minimum atomic E-state index is -0.00584. The third kappa shape index (κ3) is 3.86. The SMILES string of the molecule is O=C(NC1CCC2CNNC2C1)c1ccccc1NCc1cccnc1. The highest BCUT2D eigenvalue weighted by atomic mass is 16.1. The number of anilines is 1. The van der Waals surface area contributed by atoms with Crippen LogP contribution in [0.15, 0.2) is 48.8 Å². The second-order valence-corrected chi connectivity index (χ2v) is 7.14. The number of hydrogen-bond donors (Lipinski definition) is 4. The van der Waals surface area contributed by atoms with Gasteiger partial charge in [0.05, 0.1) is 5.56 Å². The summed E-state index contributed by atoms with van der Waals surface area (Å²) < 4.78 is 0. The van der Waals surface area contributed by atoms with E-state index in [4.69, 9.17) is 0 Å². The van der Waals surface area contributed by atoms with Crippen LogP contribution in [0.5, 0.6) is 0 Å². The van der Waals surface area contributed by atoms with Crippen LogP contribution >= 0.6 is 0 Å². The Labute approximate surface area is 153 Å². The predicted octanol–water partition coefficient (Wildman–Crippen LogP) is 2.07. The van der Waals surface area contributed by atoms with Gasteiger partial charge < -0.3 is 10.6 Å². The van der Waals surface area contributed by atoms with E-state index in [9.17, 15) is 4.79 Å². The molecular formula is C20H25N5O. The van der Waals surface area contributed by atoms with Crippen LogP contribution in [0.2, 0.25) is 0 Å². The number of nitrogens with one attached hydrogen (secondary N) is 4. The molecule has 1 aromatic carbocycles. The van der Waals surface area contributed by atoms with Crippen molar-refractivity contribution >= 4 is 11.6 Å². The molecular weight excluding hydrogens is 326 g/mol. The summed E-state index contributed by atoms with van der Waals surface area (Å²) in [5.41, 5.74) is 9.19. The van der Waals surface area contributed by atoms with Crippen LogP contribution in [0.4, 0.5) is 5.69 Å². The van der Waals surface area contributed by atoms with E-state index in [-0.39, 0.29) is 11.9 Å². The van der Waals surface area contributed by atoms with Crippen LogP contribution in [0.25, 0.3) is 0 Å². The molecule has 2 heterocycles. The summed E-state index contributed by atoms with van der Waals surface area (Å²) in [4.78, 5) is 17.0. The first-order valence-electron chi connectivity index (χ1n) is 9.30. The van der Waals surface area contributed by atoms with Gasteiger partial charge in [0.1, 0.15) is 0 Å². The van der Waals surface area contributed by atoms with E-state index in [1.807, 2.05) is 42.6 Å². The van der Waals surface area contributed by atoms with Crippen molar-refractivity contribution in [1.29, 1.82) is 0 Å².